The number of phenols is 1. The first-order chi connectivity index (χ1) is 14.9. The highest BCUT2D eigenvalue weighted by Crippen LogP contribution is 2.29. The zero-order valence-electron chi connectivity index (χ0n) is 17.0. The molecule has 168 valence electrons. The van der Waals surface area contributed by atoms with E-state index >= 15 is 0 Å². The molecule has 0 saturated carbocycles. The molecule has 2 N–H and O–H groups in total. The van der Waals surface area contributed by atoms with Crippen molar-refractivity contribution in [3.63, 3.8) is 0 Å². The topological polar surface area (TPSA) is 94.1 Å². The number of phenolic OH excluding ortho intramolecular Hbond substituents is 1. The summed E-state index contributed by atoms with van der Waals surface area (Å²) in [6.45, 7) is -0.00388. The third-order valence-electron chi connectivity index (χ3n) is 4.31. The normalized spacial score (nSPS) is 12.6. The number of aromatic hydroxyl groups is 1. The highest BCUT2D eigenvalue weighted by Gasteiger charge is 2.28. The van der Waals surface area contributed by atoms with Crippen LogP contribution in [0.2, 0.25) is 0 Å². The van der Waals surface area contributed by atoms with Gasteiger partial charge in [-0.3, -0.25) is 10.1 Å². The molecule has 2 aromatic carbocycles. The Hall–Kier alpha value is -2.43. The fourth-order valence-electron chi connectivity index (χ4n) is 2.72. The number of hydrogen-bond acceptors (Lipinski definition) is 8. The maximum absolute atomic E-state index is 13.9. The van der Waals surface area contributed by atoms with Crippen LogP contribution in [0.1, 0.15) is 18.1 Å². The van der Waals surface area contributed by atoms with Gasteiger partial charge in [0.2, 0.25) is 0 Å². The Morgan fingerprint density at radius 2 is 1.94 bits per heavy atom. The van der Waals surface area contributed by atoms with Crippen molar-refractivity contribution in [2.45, 2.75) is 23.5 Å². The first kappa shape index (κ1) is 24.8. The predicted molar refractivity (Wildman–Crippen MR) is 119 cm³/mol. The smallest absolute Gasteiger partial charge is 0.412 e. The molecule has 0 unspecified atom stereocenters. The van der Waals surface area contributed by atoms with Gasteiger partial charge in [-0.2, -0.15) is 12.6 Å². The van der Waals surface area contributed by atoms with Gasteiger partial charge in [0.1, 0.15) is 6.10 Å². The van der Waals surface area contributed by atoms with Gasteiger partial charge >= 0.3 is 12.1 Å². The quantitative estimate of drug-likeness (QED) is 0.269. The van der Waals surface area contributed by atoms with E-state index in [-0.39, 0.29) is 24.3 Å². The number of nitrogens with one attached hydrogen (secondary N) is 1. The van der Waals surface area contributed by atoms with Gasteiger partial charge in [0.05, 0.1) is 12.4 Å². The molecule has 0 spiro atoms. The predicted octanol–water partition coefficient (Wildman–Crippen LogP) is 4.42. The molecular formula is C21H24FNO6S2. The summed E-state index contributed by atoms with van der Waals surface area (Å²) in [5, 5.41) is 12.1. The summed E-state index contributed by atoms with van der Waals surface area (Å²) in [6.07, 6.45) is -0.429. The van der Waals surface area contributed by atoms with Gasteiger partial charge in [0, 0.05) is 24.1 Å². The number of esters is 1. The van der Waals surface area contributed by atoms with Crippen LogP contribution in [0.5, 0.6) is 5.75 Å². The van der Waals surface area contributed by atoms with E-state index < -0.39 is 35.8 Å². The van der Waals surface area contributed by atoms with E-state index in [4.69, 9.17) is 14.2 Å². The van der Waals surface area contributed by atoms with E-state index in [1.807, 2.05) is 18.4 Å². The lowest BCUT2D eigenvalue weighted by Crippen LogP contribution is -2.29. The number of amides is 1. The Morgan fingerprint density at radius 1 is 1.23 bits per heavy atom. The van der Waals surface area contributed by atoms with Crippen molar-refractivity contribution in [1.29, 1.82) is 0 Å². The number of methoxy groups -OCH3 is 1. The average Bonchev–Trinajstić information content (AvgIpc) is 2.77. The summed E-state index contributed by atoms with van der Waals surface area (Å²) >= 11 is 5.40. The van der Waals surface area contributed by atoms with E-state index in [0.29, 0.717) is 5.69 Å². The molecule has 1 amide bonds. The van der Waals surface area contributed by atoms with Crippen LogP contribution in [-0.4, -0.2) is 49.0 Å². The standard InChI is InChI=1S/C21H24FNO6S2/c1-27-18(9-10-28-19(25)12-30)20(13-3-8-17(24)16(22)11-13)29-21(26)23-14-4-6-15(31-2)7-5-14/h3-8,11,18,20,24,30H,9-10,12H2,1-2H3,(H,23,26)/t18-,20-/m1/s1. The monoisotopic (exact) mass is 469 g/mol. The Bertz CT molecular complexity index is 881. The lowest BCUT2D eigenvalue weighted by molar-refractivity contribution is -0.141. The number of rotatable bonds is 10. The first-order valence-corrected chi connectivity index (χ1v) is 11.1. The summed E-state index contributed by atoms with van der Waals surface area (Å²) in [4.78, 5) is 24.9. The maximum atomic E-state index is 13.9. The molecule has 10 heteroatoms. The van der Waals surface area contributed by atoms with E-state index in [1.54, 1.807) is 23.9 Å². The Kier molecular flexibility index (Phi) is 9.96. The van der Waals surface area contributed by atoms with Gasteiger partial charge < -0.3 is 19.3 Å². The molecule has 0 aliphatic rings. The molecule has 2 aromatic rings. The second-order valence-electron chi connectivity index (χ2n) is 6.33. The minimum absolute atomic E-state index is 0.00388. The second-order valence-corrected chi connectivity index (χ2v) is 7.53. The highest BCUT2D eigenvalue weighted by atomic mass is 32.2. The van der Waals surface area contributed by atoms with Crippen LogP contribution in [0.25, 0.3) is 0 Å². The fraction of sp³-hybridized carbons (Fsp3) is 0.333. The van der Waals surface area contributed by atoms with Crippen molar-refractivity contribution in [3.05, 3.63) is 53.8 Å². The molecule has 0 aromatic heterocycles. The van der Waals surface area contributed by atoms with Gasteiger partial charge in [-0.25, -0.2) is 9.18 Å². The van der Waals surface area contributed by atoms with Crippen LogP contribution in [-0.2, 0) is 19.0 Å². The van der Waals surface area contributed by atoms with Gasteiger partial charge in [-0.05, 0) is 48.2 Å². The lowest BCUT2D eigenvalue weighted by atomic mass is 10.0. The summed E-state index contributed by atoms with van der Waals surface area (Å²) in [7, 11) is 1.40. The van der Waals surface area contributed by atoms with Crippen LogP contribution in [0.3, 0.4) is 0 Å². The van der Waals surface area contributed by atoms with Gasteiger partial charge in [0.25, 0.3) is 0 Å². The molecule has 31 heavy (non-hydrogen) atoms. The zero-order chi connectivity index (χ0) is 22.8. The zero-order valence-corrected chi connectivity index (χ0v) is 18.8. The maximum Gasteiger partial charge on any atom is 0.412 e. The molecular weight excluding hydrogens is 445 g/mol. The number of anilines is 1. The molecule has 7 nitrogen and oxygen atoms in total. The number of carbonyl (C=O) groups excluding carboxylic acids is 2. The Morgan fingerprint density at radius 3 is 2.52 bits per heavy atom. The van der Waals surface area contributed by atoms with Gasteiger partial charge in [-0.1, -0.05) is 6.07 Å². The molecule has 0 aliphatic heterocycles. The molecule has 0 saturated heterocycles. The van der Waals surface area contributed by atoms with Crippen LogP contribution in [0.15, 0.2) is 47.4 Å². The summed E-state index contributed by atoms with van der Waals surface area (Å²) < 4.78 is 29.9. The number of carbonyl (C=O) groups is 2. The molecule has 0 heterocycles. The number of thioether (sulfide) groups is 1. The third kappa shape index (κ3) is 7.64. The third-order valence-corrected chi connectivity index (χ3v) is 5.31. The molecule has 0 fully saturated rings. The largest absolute Gasteiger partial charge is 0.505 e. The average molecular weight is 470 g/mol. The van der Waals surface area contributed by atoms with Crippen LogP contribution in [0, 0.1) is 5.82 Å². The van der Waals surface area contributed by atoms with Crippen molar-refractivity contribution >= 4 is 42.1 Å². The SMILES string of the molecule is CO[C@H](CCOC(=O)CS)[C@H](OC(=O)Nc1ccc(SC)cc1)c1ccc(O)c(F)c1. The summed E-state index contributed by atoms with van der Waals surface area (Å²) in [5.74, 6) is -1.97. The second kappa shape index (κ2) is 12.4. The van der Waals surface area contributed by atoms with E-state index in [9.17, 15) is 19.1 Å². The molecule has 0 radical (unpaired) electrons. The summed E-state index contributed by atoms with van der Waals surface area (Å²) in [6, 6.07) is 10.8. The number of ether oxygens (including phenoxy) is 3. The van der Waals surface area contributed by atoms with Gasteiger partial charge in [-0.15, -0.1) is 11.8 Å². The summed E-state index contributed by atoms with van der Waals surface area (Å²) in [5.41, 5.74) is 0.797. The minimum atomic E-state index is -1.03. The number of hydrogen-bond donors (Lipinski definition) is 3. The number of halogens is 1. The van der Waals surface area contributed by atoms with Crippen molar-refractivity contribution in [2.24, 2.45) is 0 Å². The van der Waals surface area contributed by atoms with E-state index in [2.05, 4.69) is 17.9 Å². The molecule has 0 aliphatic carbocycles. The van der Waals surface area contributed by atoms with Crippen LogP contribution < -0.4 is 5.32 Å². The first-order valence-electron chi connectivity index (χ1n) is 9.27. The highest BCUT2D eigenvalue weighted by molar-refractivity contribution is 7.98. The lowest BCUT2D eigenvalue weighted by Gasteiger charge is -2.26. The van der Waals surface area contributed by atoms with Crippen molar-refractivity contribution in [1.82, 2.24) is 0 Å². The molecule has 0 bridgehead atoms. The Balaban J connectivity index is 2.17. The van der Waals surface area contributed by atoms with Crippen molar-refractivity contribution in [3.8, 4) is 5.75 Å². The van der Waals surface area contributed by atoms with E-state index in [0.717, 1.165) is 17.0 Å². The van der Waals surface area contributed by atoms with Crippen molar-refractivity contribution < 1.29 is 33.3 Å². The Labute approximate surface area is 189 Å². The van der Waals surface area contributed by atoms with Crippen LogP contribution >= 0.6 is 24.4 Å². The van der Waals surface area contributed by atoms with Crippen molar-refractivity contribution in [2.75, 3.05) is 31.0 Å². The number of benzene rings is 2. The number of thiol groups is 1. The van der Waals surface area contributed by atoms with E-state index in [1.165, 1.54) is 13.2 Å². The van der Waals surface area contributed by atoms with Crippen LogP contribution in [0.4, 0.5) is 14.9 Å². The van der Waals surface area contributed by atoms with Gasteiger partial charge in [0.15, 0.2) is 17.7 Å². The fourth-order valence-corrected chi connectivity index (χ4v) is 3.22. The minimum Gasteiger partial charge on any atom is -0.505 e. The molecule has 2 rings (SSSR count). The molecule has 2 atom stereocenters.